The standard InChI is InChI=1S/C20H22BrN3O2/c1-12-18(21)13(2)23(22-12)11-14-6-5-7-15(10-14)24-19(25)16-8-3-4-9-17(16)20(24)26/h5-7,10,16-17H,3-4,8-9,11H2,1-2H3/t16-,17-/m0/s1. The molecule has 2 aliphatic rings. The van der Waals surface area contributed by atoms with Crippen LogP contribution in [0.2, 0.25) is 0 Å². The summed E-state index contributed by atoms with van der Waals surface area (Å²) in [4.78, 5) is 27.0. The van der Waals surface area contributed by atoms with E-state index in [0.717, 1.165) is 47.1 Å². The molecular formula is C20H22BrN3O2. The maximum Gasteiger partial charge on any atom is 0.237 e. The summed E-state index contributed by atoms with van der Waals surface area (Å²) in [6.45, 7) is 4.59. The van der Waals surface area contributed by atoms with Crippen molar-refractivity contribution in [2.24, 2.45) is 11.8 Å². The quantitative estimate of drug-likeness (QED) is 0.711. The minimum atomic E-state index is -0.119. The highest BCUT2D eigenvalue weighted by molar-refractivity contribution is 9.10. The number of hydrogen-bond donors (Lipinski definition) is 0. The van der Waals surface area contributed by atoms with Crippen LogP contribution in [0.15, 0.2) is 28.7 Å². The first-order valence-corrected chi connectivity index (χ1v) is 9.93. The summed E-state index contributed by atoms with van der Waals surface area (Å²) in [6.07, 6.45) is 3.76. The van der Waals surface area contributed by atoms with Gasteiger partial charge in [0.15, 0.2) is 0 Å². The van der Waals surface area contributed by atoms with Gasteiger partial charge in [0.25, 0.3) is 0 Å². The van der Waals surface area contributed by atoms with Crippen molar-refractivity contribution in [3.05, 3.63) is 45.7 Å². The predicted molar refractivity (Wildman–Crippen MR) is 103 cm³/mol. The number of hydrogen-bond acceptors (Lipinski definition) is 3. The van der Waals surface area contributed by atoms with E-state index in [1.807, 2.05) is 42.8 Å². The van der Waals surface area contributed by atoms with Gasteiger partial charge >= 0.3 is 0 Å². The SMILES string of the molecule is Cc1nn(Cc2cccc(N3C(=O)[C@H]4CCCC[C@@H]4C3=O)c2)c(C)c1Br. The Hall–Kier alpha value is -1.95. The van der Waals surface area contributed by atoms with Crippen molar-refractivity contribution in [2.45, 2.75) is 46.1 Å². The average molecular weight is 416 g/mol. The average Bonchev–Trinajstić information content (AvgIpc) is 3.04. The zero-order chi connectivity index (χ0) is 18.4. The van der Waals surface area contributed by atoms with E-state index in [1.54, 1.807) is 0 Å². The van der Waals surface area contributed by atoms with Gasteiger partial charge in [-0.1, -0.05) is 25.0 Å². The lowest BCUT2D eigenvalue weighted by molar-refractivity contribution is -0.122. The fourth-order valence-electron chi connectivity index (χ4n) is 4.21. The molecule has 136 valence electrons. The van der Waals surface area contributed by atoms with E-state index in [4.69, 9.17) is 0 Å². The Morgan fingerprint density at radius 3 is 2.35 bits per heavy atom. The highest BCUT2D eigenvalue weighted by Crippen LogP contribution is 2.40. The fraction of sp³-hybridized carbons (Fsp3) is 0.450. The number of rotatable bonds is 3. The van der Waals surface area contributed by atoms with Crippen LogP contribution in [-0.2, 0) is 16.1 Å². The van der Waals surface area contributed by atoms with Crippen molar-refractivity contribution in [3.63, 3.8) is 0 Å². The molecule has 1 aromatic carbocycles. The van der Waals surface area contributed by atoms with Crippen LogP contribution in [-0.4, -0.2) is 21.6 Å². The number of halogens is 1. The van der Waals surface area contributed by atoms with E-state index < -0.39 is 0 Å². The summed E-state index contributed by atoms with van der Waals surface area (Å²) in [7, 11) is 0. The molecular weight excluding hydrogens is 394 g/mol. The Balaban J connectivity index is 1.62. The molecule has 1 aliphatic carbocycles. The predicted octanol–water partition coefficient (Wildman–Crippen LogP) is 3.99. The van der Waals surface area contributed by atoms with E-state index in [1.165, 1.54) is 4.90 Å². The topological polar surface area (TPSA) is 55.2 Å². The monoisotopic (exact) mass is 415 g/mol. The van der Waals surface area contributed by atoms with Crippen LogP contribution in [0.5, 0.6) is 0 Å². The number of imide groups is 1. The molecule has 1 saturated carbocycles. The molecule has 1 aliphatic heterocycles. The summed E-state index contributed by atoms with van der Waals surface area (Å²) in [6, 6.07) is 7.71. The molecule has 2 fully saturated rings. The zero-order valence-electron chi connectivity index (χ0n) is 15.0. The minimum absolute atomic E-state index is 0.0225. The molecule has 0 spiro atoms. The molecule has 1 aromatic heterocycles. The molecule has 2 heterocycles. The van der Waals surface area contributed by atoms with E-state index in [0.29, 0.717) is 12.2 Å². The van der Waals surface area contributed by atoms with Crippen molar-refractivity contribution in [3.8, 4) is 0 Å². The van der Waals surface area contributed by atoms with Gasteiger partial charge in [0.1, 0.15) is 0 Å². The molecule has 26 heavy (non-hydrogen) atoms. The summed E-state index contributed by atoms with van der Waals surface area (Å²) >= 11 is 3.55. The van der Waals surface area contributed by atoms with E-state index in [9.17, 15) is 9.59 Å². The number of aromatic nitrogens is 2. The lowest BCUT2D eigenvalue weighted by Crippen LogP contribution is -2.30. The first-order valence-electron chi connectivity index (χ1n) is 9.13. The second-order valence-electron chi connectivity index (χ2n) is 7.32. The van der Waals surface area contributed by atoms with Crippen molar-refractivity contribution in [1.82, 2.24) is 9.78 Å². The Morgan fingerprint density at radius 2 is 1.77 bits per heavy atom. The molecule has 5 nitrogen and oxygen atoms in total. The lowest BCUT2D eigenvalue weighted by atomic mass is 9.81. The molecule has 2 amide bonds. The van der Waals surface area contributed by atoms with Gasteiger partial charge in [-0.15, -0.1) is 0 Å². The van der Waals surface area contributed by atoms with Crippen LogP contribution in [0.3, 0.4) is 0 Å². The molecule has 6 heteroatoms. The molecule has 0 N–H and O–H groups in total. The largest absolute Gasteiger partial charge is 0.274 e. The van der Waals surface area contributed by atoms with Crippen molar-refractivity contribution < 1.29 is 9.59 Å². The first kappa shape index (κ1) is 17.5. The highest BCUT2D eigenvalue weighted by atomic mass is 79.9. The molecule has 1 saturated heterocycles. The minimum Gasteiger partial charge on any atom is -0.274 e. The Labute approximate surface area is 161 Å². The molecule has 0 bridgehead atoms. The maximum absolute atomic E-state index is 12.8. The first-order chi connectivity index (χ1) is 12.5. The second kappa shape index (κ2) is 6.65. The number of carbonyl (C=O) groups is 2. The molecule has 4 rings (SSSR count). The van der Waals surface area contributed by atoms with Crippen molar-refractivity contribution >= 4 is 33.4 Å². The molecule has 2 aromatic rings. The second-order valence-corrected chi connectivity index (χ2v) is 8.11. The Kier molecular flexibility index (Phi) is 4.47. The van der Waals surface area contributed by atoms with E-state index >= 15 is 0 Å². The van der Waals surface area contributed by atoms with Crippen molar-refractivity contribution in [1.29, 1.82) is 0 Å². The number of carbonyl (C=O) groups excluding carboxylic acids is 2. The highest BCUT2D eigenvalue weighted by Gasteiger charge is 2.48. The van der Waals surface area contributed by atoms with Gasteiger partial charge in [0, 0.05) is 0 Å². The number of benzene rings is 1. The van der Waals surface area contributed by atoms with E-state index in [-0.39, 0.29) is 23.7 Å². The number of amides is 2. The molecule has 0 radical (unpaired) electrons. The summed E-state index contributed by atoms with van der Waals surface area (Å²) in [5.41, 5.74) is 3.73. The summed E-state index contributed by atoms with van der Waals surface area (Å²) in [5.74, 6) is -0.282. The van der Waals surface area contributed by atoms with Crippen LogP contribution >= 0.6 is 15.9 Å². The third-order valence-electron chi connectivity index (χ3n) is 5.64. The van der Waals surface area contributed by atoms with E-state index in [2.05, 4.69) is 21.0 Å². The van der Waals surface area contributed by atoms with Crippen LogP contribution < -0.4 is 4.90 Å². The number of anilines is 1. The van der Waals surface area contributed by atoms with Crippen molar-refractivity contribution in [2.75, 3.05) is 4.90 Å². The van der Waals surface area contributed by atoms with Gasteiger partial charge < -0.3 is 0 Å². The van der Waals surface area contributed by atoms with Gasteiger partial charge in [0.2, 0.25) is 11.8 Å². The Morgan fingerprint density at radius 1 is 1.12 bits per heavy atom. The fourth-order valence-corrected chi connectivity index (χ4v) is 4.50. The molecule has 0 unspecified atom stereocenters. The van der Waals surface area contributed by atoms with Gasteiger partial charge in [-0.3, -0.25) is 19.2 Å². The van der Waals surface area contributed by atoms with Crippen LogP contribution in [0, 0.1) is 25.7 Å². The lowest BCUT2D eigenvalue weighted by Gasteiger charge is -2.19. The number of fused-ring (bicyclic) bond motifs is 1. The van der Waals surface area contributed by atoms with Gasteiger partial charge in [-0.25, -0.2) is 0 Å². The number of nitrogens with zero attached hydrogens (tertiary/aromatic N) is 3. The van der Waals surface area contributed by atoms with Gasteiger partial charge in [-0.05, 0) is 60.3 Å². The third-order valence-corrected chi connectivity index (χ3v) is 6.78. The third kappa shape index (κ3) is 2.80. The maximum atomic E-state index is 12.8. The summed E-state index contributed by atoms with van der Waals surface area (Å²) < 4.78 is 2.95. The molecule has 2 atom stereocenters. The Bertz CT molecular complexity index is 865. The zero-order valence-corrected chi connectivity index (χ0v) is 16.6. The summed E-state index contributed by atoms with van der Waals surface area (Å²) in [5, 5.41) is 4.54. The van der Waals surface area contributed by atoms with Gasteiger partial charge in [-0.2, -0.15) is 5.10 Å². The number of aryl methyl sites for hydroxylation is 1. The van der Waals surface area contributed by atoms with Crippen LogP contribution in [0.4, 0.5) is 5.69 Å². The van der Waals surface area contributed by atoms with Crippen LogP contribution in [0.25, 0.3) is 0 Å². The normalized spacial score (nSPS) is 22.8. The van der Waals surface area contributed by atoms with Gasteiger partial charge in [0.05, 0.1) is 39.9 Å². The smallest absolute Gasteiger partial charge is 0.237 e. The van der Waals surface area contributed by atoms with Crippen LogP contribution in [0.1, 0.15) is 42.6 Å².